The van der Waals surface area contributed by atoms with Gasteiger partial charge in [-0.15, -0.1) is 0 Å². The molecule has 0 bridgehead atoms. The monoisotopic (exact) mass is 399 g/mol. The first-order valence-electron chi connectivity index (χ1n) is 8.02. The quantitative estimate of drug-likeness (QED) is 0.853. The molecule has 0 atom stereocenters. The van der Waals surface area contributed by atoms with E-state index in [1.165, 1.54) is 10.6 Å². The van der Waals surface area contributed by atoms with Gasteiger partial charge >= 0.3 is 0 Å². The second kappa shape index (κ2) is 7.61. The van der Waals surface area contributed by atoms with Gasteiger partial charge < -0.3 is 5.32 Å². The minimum absolute atomic E-state index is 0.114. The number of benzene rings is 2. The van der Waals surface area contributed by atoms with Crippen molar-refractivity contribution in [3.63, 3.8) is 0 Å². The highest BCUT2D eigenvalue weighted by Gasteiger charge is 2.25. The highest BCUT2D eigenvalue weighted by atomic mass is 79.9. The van der Waals surface area contributed by atoms with Gasteiger partial charge in [-0.05, 0) is 36.8 Å². The first-order valence-corrected chi connectivity index (χ1v) is 8.82. The molecule has 25 heavy (non-hydrogen) atoms. The average molecular weight is 400 g/mol. The van der Waals surface area contributed by atoms with Crippen LogP contribution in [-0.4, -0.2) is 17.5 Å². The van der Waals surface area contributed by atoms with Crippen molar-refractivity contribution in [2.24, 2.45) is 5.10 Å². The number of amides is 2. The van der Waals surface area contributed by atoms with E-state index < -0.39 is 0 Å². The Hall–Kier alpha value is -2.47. The van der Waals surface area contributed by atoms with Crippen molar-refractivity contribution in [3.05, 3.63) is 64.1 Å². The van der Waals surface area contributed by atoms with E-state index >= 15 is 0 Å². The Kier molecular flexibility index (Phi) is 5.28. The number of hydrogen-bond acceptors (Lipinski definition) is 3. The predicted octanol–water partition coefficient (Wildman–Crippen LogP) is 3.56. The second-order valence-corrected chi connectivity index (χ2v) is 6.81. The third-order valence-electron chi connectivity index (χ3n) is 3.94. The number of anilines is 1. The molecule has 0 spiro atoms. The summed E-state index contributed by atoms with van der Waals surface area (Å²) in [6.07, 6.45) is 0.623. The van der Waals surface area contributed by atoms with Crippen molar-refractivity contribution in [2.45, 2.75) is 26.3 Å². The van der Waals surface area contributed by atoms with Gasteiger partial charge in [-0.2, -0.15) is 5.10 Å². The fourth-order valence-electron chi connectivity index (χ4n) is 2.49. The molecule has 1 heterocycles. The minimum Gasteiger partial charge on any atom is -0.347 e. The van der Waals surface area contributed by atoms with Gasteiger partial charge in [0, 0.05) is 23.9 Å². The topological polar surface area (TPSA) is 61.8 Å². The zero-order valence-electron chi connectivity index (χ0n) is 13.8. The molecule has 2 amide bonds. The lowest BCUT2D eigenvalue weighted by atomic mass is 10.1. The Balaban J connectivity index is 1.70. The van der Waals surface area contributed by atoms with Gasteiger partial charge in [0.1, 0.15) is 5.71 Å². The summed E-state index contributed by atoms with van der Waals surface area (Å²) >= 11 is 3.36. The van der Waals surface area contributed by atoms with Crippen LogP contribution in [-0.2, 0) is 16.1 Å². The molecule has 0 saturated carbocycles. The molecule has 3 rings (SSSR count). The number of halogens is 1. The average Bonchev–Trinajstić information content (AvgIpc) is 2.62. The highest BCUT2D eigenvalue weighted by molar-refractivity contribution is 9.10. The van der Waals surface area contributed by atoms with Crippen molar-refractivity contribution in [1.82, 2.24) is 5.32 Å². The number of rotatable bonds is 4. The molecule has 2 aromatic rings. The van der Waals surface area contributed by atoms with E-state index in [2.05, 4.69) is 26.3 Å². The Morgan fingerprint density at radius 3 is 2.48 bits per heavy atom. The summed E-state index contributed by atoms with van der Waals surface area (Å²) in [7, 11) is 0. The molecule has 0 radical (unpaired) electrons. The molecule has 0 aromatic heterocycles. The van der Waals surface area contributed by atoms with Crippen LogP contribution in [0.1, 0.15) is 24.0 Å². The van der Waals surface area contributed by atoms with Crippen molar-refractivity contribution in [1.29, 1.82) is 0 Å². The van der Waals surface area contributed by atoms with Crippen molar-refractivity contribution >= 4 is 39.1 Å². The van der Waals surface area contributed by atoms with Gasteiger partial charge in [-0.25, -0.2) is 5.01 Å². The van der Waals surface area contributed by atoms with E-state index in [1.54, 1.807) is 12.1 Å². The summed E-state index contributed by atoms with van der Waals surface area (Å²) in [4.78, 5) is 24.5. The zero-order chi connectivity index (χ0) is 17.8. The smallest absolute Gasteiger partial charge is 0.267 e. The van der Waals surface area contributed by atoms with Crippen LogP contribution in [0.15, 0.2) is 58.1 Å². The molecule has 1 N–H and O–H groups in total. The van der Waals surface area contributed by atoms with Crippen LogP contribution in [0.4, 0.5) is 5.69 Å². The molecule has 6 heteroatoms. The standard InChI is InChI=1S/C19H18BrN3O2/c1-13-2-4-14(5-3-13)12-21-19(25)17-10-11-18(24)23(22-17)16-8-6-15(20)7-9-16/h2-9H,10-12H2,1H3,(H,21,25). The predicted molar refractivity (Wildman–Crippen MR) is 101 cm³/mol. The van der Waals surface area contributed by atoms with Crippen LogP contribution in [0, 0.1) is 6.92 Å². The van der Waals surface area contributed by atoms with Crippen LogP contribution >= 0.6 is 15.9 Å². The molecule has 0 unspecified atom stereocenters. The number of carbonyl (C=O) groups is 2. The summed E-state index contributed by atoms with van der Waals surface area (Å²) in [6, 6.07) is 15.2. The van der Waals surface area contributed by atoms with Gasteiger partial charge in [0.05, 0.1) is 5.69 Å². The molecule has 128 valence electrons. The number of nitrogens with one attached hydrogen (secondary N) is 1. The largest absolute Gasteiger partial charge is 0.347 e. The molecule has 0 fully saturated rings. The normalized spacial score (nSPS) is 14.2. The fraction of sp³-hybridized carbons (Fsp3) is 0.211. The Morgan fingerprint density at radius 2 is 1.80 bits per heavy atom. The summed E-state index contributed by atoms with van der Waals surface area (Å²) in [6.45, 7) is 2.46. The van der Waals surface area contributed by atoms with Crippen molar-refractivity contribution in [2.75, 3.05) is 5.01 Å². The summed E-state index contributed by atoms with van der Waals surface area (Å²) in [5.74, 6) is -0.354. The van der Waals surface area contributed by atoms with Crippen LogP contribution in [0.3, 0.4) is 0 Å². The maximum absolute atomic E-state index is 12.4. The van der Waals surface area contributed by atoms with E-state index in [4.69, 9.17) is 0 Å². The lowest BCUT2D eigenvalue weighted by Gasteiger charge is -2.23. The number of carbonyl (C=O) groups excluding carboxylic acids is 2. The molecule has 5 nitrogen and oxygen atoms in total. The molecular weight excluding hydrogens is 382 g/mol. The molecule has 0 aliphatic carbocycles. The van der Waals surface area contributed by atoms with E-state index in [1.807, 2.05) is 43.3 Å². The summed E-state index contributed by atoms with van der Waals surface area (Å²) < 4.78 is 0.917. The van der Waals surface area contributed by atoms with Gasteiger partial charge in [0.2, 0.25) is 5.91 Å². The number of aryl methyl sites for hydroxylation is 1. The van der Waals surface area contributed by atoms with E-state index in [0.29, 0.717) is 24.4 Å². The first-order chi connectivity index (χ1) is 12.0. The molecule has 2 aromatic carbocycles. The van der Waals surface area contributed by atoms with Crippen LogP contribution in [0.25, 0.3) is 0 Å². The third kappa shape index (κ3) is 4.33. The van der Waals surface area contributed by atoms with Gasteiger partial charge in [-0.1, -0.05) is 45.8 Å². The number of hydrogen-bond donors (Lipinski definition) is 1. The Bertz CT molecular complexity index is 814. The molecule has 0 saturated heterocycles. The Labute approximate surface area is 154 Å². The SMILES string of the molecule is Cc1ccc(CNC(=O)C2=NN(c3ccc(Br)cc3)C(=O)CC2)cc1. The molecular formula is C19H18BrN3O2. The van der Waals surface area contributed by atoms with Gasteiger partial charge in [-0.3, -0.25) is 9.59 Å². The maximum atomic E-state index is 12.4. The zero-order valence-corrected chi connectivity index (χ0v) is 15.4. The first kappa shape index (κ1) is 17.4. The van der Waals surface area contributed by atoms with Crippen molar-refractivity contribution < 1.29 is 9.59 Å². The van der Waals surface area contributed by atoms with Crippen LogP contribution in [0.5, 0.6) is 0 Å². The van der Waals surface area contributed by atoms with E-state index in [9.17, 15) is 9.59 Å². The number of hydrazone groups is 1. The lowest BCUT2D eigenvalue weighted by Crippen LogP contribution is -2.38. The Morgan fingerprint density at radius 1 is 1.12 bits per heavy atom. The minimum atomic E-state index is -0.241. The van der Waals surface area contributed by atoms with Crippen LogP contribution < -0.4 is 10.3 Å². The maximum Gasteiger partial charge on any atom is 0.267 e. The van der Waals surface area contributed by atoms with E-state index in [-0.39, 0.29) is 18.2 Å². The van der Waals surface area contributed by atoms with Crippen molar-refractivity contribution in [3.8, 4) is 0 Å². The lowest BCUT2D eigenvalue weighted by molar-refractivity contribution is -0.119. The number of nitrogens with zero attached hydrogens (tertiary/aromatic N) is 2. The van der Waals surface area contributed by atoms with Gasteiger partial charge in [0.25, 0.3) is 5.91 Å². The third-order valence-corrected chi connectivity index (χ3v) is 4.47. The fourth-order valence-corrected chi connectivity index (χ4v) is 2.76. The van der Waals surface area contributed by atoms with E-state index in [0.717, 1.165) is 10.0 Å². The molecule has 1 aliphatic heterocycles. The summed E-state index contributed by atoms with van der Waals surface area (Å²) in [5, 5.41) is 8.43. The summed E-state index contributed by atoms with van der Waals surface area (Å²) in [5.41, 5.74) is 3.22. The molecule has 1 aliphatic rings. The van der Waals surface area contributed by atoms with Crippen LogP contribution in [0.2, 0.25) is 0 Å². The second-order valence-electron chi connectivity index (χ2n) is 5.90. The highest BCUT2D eigenvalue weighted by Crippen LogP contribution is 2.22. The van der Waals surface area contributed by atoms with Gasteiger partial charge in [0.15, 0.2) is 0 Å².